The third-order valence-corrected chi connectivity index (χ3v) is 4.25. The van der Waals surface area contributed by atoms with Crippen LogP contribution < -0.4 is 10.6 Å². The quantitative estimate of drug-likeness (QED) is 0.324. The van der Waals surface area contributed by atoms with Crippen molar-refractivity contribution < 1.29 is 10.0 Å². The second kappa shape index (κ2) is 10.5. The van der Waals surface area contributed by atoms with Gasteiger partial charge in [0.2, 0.25) is 0 Å². The Balaban J connectivity index is 1.51. The van der Waals surface area contributed by atoms with Crippen LogP contribution in [0.3, 0.4) is 0 Å². The molecule has 0 heterocycles. The number of nitro benzene ring substituents is 1. The molecule has 26 heavy (non-hydrogen) atoms. The number of hydrogen-bond acceptors (Lipinski definition) is 5. The summed E-state index contributed by atoms with van der Waals surface area (Å²) in [5, 5.41) is 27.0. The monoisotopic (exact) mass is 357 g/mol. The fourth-order valence-corrected chi connectivity index (χ4v) is 2.75. The molecule has 0 bridgehead atoms. The third kappa shape index (κ3) is 6.82. The van der Waals surface area contributed by atoms with Gasteiger partial charge in [-0.3, -0.25) is 10.1 Å². The molecule has 0 saturated heterocycles. The summed E-state index contributed by atoms with van der Waals surface area (Å²) >= 11 is 0. The van der Waals surface area contributed by atoms with Crippen molar-refractivity contribution in [3.63, 3.8) is 0 Å². The van der Waals surface area contributed by atoms with Crippen LogP contribution in [-0.4, -0.2) is 23.1 Å². The summed E-state index contributed by atoms with van der Waals surface area (Å²) in [6.45, 7) is 5.23. The molecule has 0 atom stereocenters. The number of phenols is 1. The summed E-state index contributed by atoms with van der Waals surface area (Å²) < 4.78 is 0. The summed E-state index contributed by atoms with van der Waals surface area (Å²) in [5.41, 5.74) is 3.15. The van der Waals surface area contributed by atoms with Gasteiger partial charge in [-0.05, 0) is 55.6 Å². The second-order valence-corrected chi connectivity index (χ2v) is 6.46. The minimum Gasteiger partial charge on any atom is -0.508 e. The molecule has 0 aliphatic heterocycles. The molecule has 2 aromatic carbocycles. The summed E-state index contributed by atoms with van der Waals surface area (Å²) in [7, 11) is 0. The molecule has 2 rings (SSSR count). The highest BCUT2D eigenvalue weighted by atomic mass is 16.6. The highest BCUT2D eigenvalue weighted by Gasteiger charge is 2.04. The van der Waals surface area contributed by atoms with Gasteiger partial charge in [-0.2, -0.15) is 0 Å². The molecule has 0 aromatic heterocycles. The number of non-ortho nitro benzene ring substituents is 1. The number of rotatable bonds is 11. The molecule has 0 aliphatic carbocycles. The van der Waals surface area contributed by atoms with Crippen LogP contribution in [-0.2, 0) is 13.1 Å². The molecule has 0 aliphatic rings. The van der Waals surface area contributed by atoms with E-state index in [0.717, 1.165) is 50.0 Å². The lowest BCUT2D eigenvalue weighted by atomic mass is 10.1. The summed E-state index contributed by atoms with van der Waals surface area (Å²) in [5.74, 6) is 0.339. The molecule has 0 unspecified atom stereocenters. The maximum atomic E-state index is 10.7. The predicted octanol–water partition coefficient (Wildman–Crippen LogP) is 3.66. The van der Waals surface area contributed by atoms with Gasteiger partial charge in [-0.25, -0.2) is 0 Å². The Kier molecular flexibility index (Phi) is 8.05. The fourth-order valence-electron chi connectivity index (χ4n) is 2.75. The first kappa shape index (κ1) is 19.9. The first-order valence-corrected chi connectivity index (χ1v) is 8.99. The normalized spacial score (nSPS) is 10.8. The molecule has 6 nitrogen and oxygen atoms in total. The highest BCUT2D eigenvalue weighted by molar-refractivity contribution is 5.35. The number of nitro groups is 1. The number of unbranched alkanes of at least 4 members (excludes halogenated alkanes) is 2. The average molecular weight is 357 g/mol. The maximum absolute atomic E-state index is 10.7. The Hall–Kier alpha value is -2.44. The fraction of sp³-hybridized carbons (Fsp3) is 0.400. The third-order valence-electron chi connectivity index (χ3n) is 4.25. The van der Waals surface area contributed by atoms with Crippen LogP contribution >= 0.6 is 0 Å². The Labute approximate surface area is 154 Å². The standard InChI is InChI=1S/C20H27N3O3/c1-16-12-18(8-9-20(16)24)15-22-11-4-2-3-10-21-14-17-6-5-7-19(13-17)23(25)26/h5-9,12-13,21-22,24H,2-4,10-11,14-15H2,1H3. The van der Waals surface area contributed by atoms with Crippen molar-refractivity contribution >= 4 is 5.69 Å². The molecule has 6 heteroatoms. The van der Waals surface area contributed by atoms with E-state index in [2.05, 4.69) is 10.6 Å². The van der Waals surface area contributed by atoms with E-state index < -0.39 is 0 Å². The zero-order valence-electron chi connectivity index (χ0n) is 15.2. The molecule has 0 saturated carbocycles. The van der Waals surface area contributed by atoms with Crippen LogP contribution in [0, 0.1) is 17.0 Å². The topological polar surface area (TPSA) is 87.4 Å². The molecule has 140 valence electrons. The molecule has 0 radical (unpaired) electrons. The number of hydrogen-bond donors (Lipinski definition) is 3. The molecule has 0 amide bonds. The zero-order valence-corrected chi connectivity index (χ0v) is 15.2. The van der Waals surface area contributed by atoms with E-state index in [1.54, 1.807) is 18.2 Å². The highest BCUT2D eigenvalue weighted by Crippen LogP contribution is 2.16. The SMILES string of the molecule is Cc1cc(CNCCCCCNCc2cccc([N+](=O)[O-])c2)ccc1O. The van der Waals surface area contributed by atoms with Crippen molar-refractivity contribution in [1.29, 1.82) is 0 Å². The molecule has 0 fully saturated rings. The molecular weight excluding hydrogens is 330 g/mol. The smallest absolute Gasteiger partial charge is 0.269 e. The summed E-state index contributed by atoms with van der Waals surface area (Å²) in [6.07, 6.45) is 3.31. The molecular formula is C20H27N3O3. The molecule has 3 N–H and O–H groups in total. The van der Waals surface area contributed by atoms with Crippen molar-refractivity contribution in [3.05, 3.63) is 69.3 Å². The largest absolute Gasteiger partial charge is 0.508 e. The minimum atomic E-state index is -0.365. The van der Waals surface area contributed by atoms with Crippen molar-refractivity contribution in [1.82, 2.24) is 10.6 Å². The summed E-state index contributed by atoms with van der Waals surface area (Å²) in [6, 6.07) is 12.4. The van der Waals surface area contributed by atoms with Crippen molar-refractivity contribution in [2.45, 2.75) is 39.3 Å². The van der Waals surface area contributed by atoms with Crippen molar-refractivity contribution in [2.24, 2.45) is 0 Å². The first-order valence-electron chi connectivity index (χ1n) is 8.99. The Morgan fingerprint density at radius 2 is 1.62 bits per heavy atom. The number of aromatic hydroxyl groups is 1. The van der Waals surface area contributed by atoms with Crippen LogP contribution in [0.2, 0.25) is 0 Å². The Morgan fingerprint density at radius 3 is 2.23 bits per heavy atom. The lowest BCUT2D eigenvalue weighted by Gasteiger charge is -2.07. The van der Waals surface area contributed by atoms with Crippen LogP contribution in [0.1, 0.15) is 36.0 Å². The van der Waals surface area contributed by atoms with Crippen LogP contribution in [0.5, 0.6) is 5.75 Å². The van der Waals surface area contributed by atoms with E-state index in [9.17, 15) is 15.2 Å². The van der Waals surface area contributed by atoms with Crippen molar-refractivity contribution in [3.8, 4) is 5.75 Å². The number of nitrogens with one attached hydrogen (secondary N) is 2. The van der Waals surface area contributed by atoms with Crippen molar-refractivity contribution in [2.75, 3.05) is 13.1 Å². The van der Waals surface area contributed by atoms with Gasteiger partial charge in [0.15, 0.2) is 0 Å². The van der Waals surface area contributed by atoms with Gasteiger partial charge in [-0.1, -0.05) is 30.7 Å². The number of nitrogens with zero attached hydrogens (tertiary/aromatic N) is 1. The van der Waals surface area contributed by atoms with Gasteiger partial charge >= 0.3 is 0 Å². The minimum absolute atomic E-state index is 0.138. The van der Waals surface area contributed by atoms with Gasteiger partial charge in [0, 0.05) is 25.2 Å². The first-order chi connectivity index (χ1) is 12.6. The van der Waals surface area contributed by atoms with Crippen LogP contribution in [0.15, 0.2) is 42.5 Å². The second-order valence-electron chi connectivity index (χ2n) is 6.46. The van der Waals surface area contributed by atoms with Gasteiger partial charge in [0.1, 0.15) is 5.75 Å². The zero-order chi connectivity index (χ0) is 18.8. The number of aryl methyl sites for hydroxylation is 1. The Bertz CT molecular complexity index is 719. The Morgan fingerprint density at radius 1 is 0.962 bits per heavy atom. The van der Waals surface area contributed by atoms with Gasteiger partial charge in [-0.15, -0.1) is 0 Å². The number of phenolic OH excluding ortho intramolecular Hbond substituents is 1. The predicted molar refractivity (Wildman–Crippen MR) is 103 cm³/mol. The van der Waals surface area contributed by atoms with E-state index in [0.29, 0.717) is 12.3 Å². The molecule has 0 spiro atoms. The maximum Gasteiger partial charge on any atom is 0.269 e. The number of benzene rings is 2. The lowest BCUT2D eigenvalue weighted by Crippen LogP contribution is -2.17. The van der Waals surface area contributed by atoms with Gasteiger partial charge in [0.05, 0.1) is 4.92 Å². The lowest BCUT2D eigenvalue weighted by molar-refractivity contribution is -0.384. The summed E-state index contributed by atoms with van der Waals surface area (Å²) in [4.78, 5) is 10.4. The van der Waals surface area contributed by atoms with Gasteiger partial charge in [0.25, 0.3) is 5.69 Å². The van der Waals surface area contributed by atoms with Crippen LogP contribution in [0.4, 0.5) is 5.69 Å². The van der Waals surface area contributed by atoms with Gasteiger partial charge < -0.3 is 15.7 Å². The average Bonchev–Trinajstić information content (AvgIpc) is 2.63. The van der Waals surface area contributed by atoms with E-state index in [1.165, 1.54) is 11.6 Å². The van der Waals surface area contributed by atoms with E-state index in [4.69, 9.17) is 0 Å². The van der Waals surface area contributed by atoms with E-state index in [-0.39, 0.29) is 10.6 Å². The van der Waals surface area contributed by atoms with E-state index in [1.807, 2.05) is 25.1 Å². The molecule has 2 aromatic rings. The van der Waals surface area contributed by atoms with Crippen LogP contribution in [0.25, 0.3) is 0 Å². The van der Waals surface area contributed by atoms with E-state index >= 15 is 0 Å².